The van der Waals surface area contributed by atoms with Crippen LogP contribution in [0, 0.1) is 0 Å². The number of hydrogen-bond donors (Lipinski definition) is 1. The van der Waals surface area contributed by atoms with Crippen LogP contribution in [0.5, 0.6) is 0 Å². The van der Waals surface area contributed by atoms with Crippen LogP contribution in [0.25, 0.3) is 22.2 Å². The van der Waals surface area contributed by atoms with Crippen molar-refractivity contribution in [1.29, 1.82) is 0 Å². The zero-order chi connectivity index (χ0) is 21.0. The molecule has 3 heterocycles. The van der Waals surface area contributed by atoms with Crippen LogP contribution >= 0.6 is 0 Å². The number of nitrogens with one attached hydrogen (secondary N) is 1. The van der Waals surface area contributed by atoms with Crippen LogP contribution in [0.3, 0.4) is 0 Å². The zero-order valence-electron chi connectivity index (χ0n) is 16.3. The Morgan fingerprint density at radius 2 is 1.83 bits per heavy atom. The second kappa shape index (κ2) is 8.86. The second-order valence-electron chi connectivity index (χ2n) is 6.89. The maximum Gasteiger partial charge on any atom is 0.252 e. The Balaban J connectivity index is 1.54. The number of rotatable bonds is 6. The number of sulfonamides is 1. The number of carbonyl (C=O) groups is 1. The Hall–Kier alpha value is -2.88. The first-order valence-corrected chi connectivity index (χ1v) is 11.3. The first kappa shape index (κ1) is 20.4. The lowest BCUT2D eigenvalue weighted by atomic mass is 10.0. The third-order valence-electron chi connectivity index (χ3n) is 4.95. The highest BCUT2D eigenvalue weighted by molar-refractivity contribution is 7.89. The van der Waals surface area contributed by atoms with Crippen LogP contribution in [0.4, 0.5) is 0 Å². The van der Waals surface area contributed by atoms with Crippen molar-refractivity contribution < 1.29 is 17.9 Å². The Morgan fingerprint density at radius 1 is 1.10 bits per heavy atom. The Bertz CT molecular complexity index is 1150. The molecule has 0 bridgehead atoms. The van der Waals surface area contributed by atoms with Crippen LogP contribution in [0.2, 0.25) is 0 Å². The Kier molecular flexibility index (Phi) is 6.03. The standard InChI is InChI=1S/C21H22N4O4S/c26-21(23-9-14-30(27,28)25-10-12-29-13-11-25)18-15-20(16-5-7-22-8-6-16)24-19-4-2-1-3-17(18)19/h1-8,15H,9-14H2,(H,23,26). The van der Waals surface area contributed by atoms with Crippen molar-refractivity contribution in [2.75, 3.05) is 38.6 Å². The molecule has 0 atom stereocenters. The number of pyridine rings is 2. The van der Waals surface area contributed by atoms with Crippen molar-refractivity contribution in [2.45, 2.75) is 0 Å². The highest BCUT2D eigenvalue weighted by Gasteiger charge is 2.24. The van der Waals surface area contributed by atoms with Gasteiger partial charge in [-0.25, -0.2) is 13.4 Å². The van der Waals surface area contributed by atoms with E-state index in [9.17, 15) is 13.2 Å². The van der Waals surface area contributed by atoms with Crippen molar-refractivity contribution in [3.8, 4) is 11.3 Å². The number of para-hydroxylation sites is 1. The van der Waals surface area contributed by atoms with E-state index < -0.39 is 10.0 Å². The van der Waals surface area contributed by atoms with Crippen molar-refractivity contribution in [3.63, 3.8) is 0 Å². The van der Waals surface area contributed by atoms with Gasteiger partial charge in [-0.15, -0.1) is 0 Å². The first-order chi connectivity index (χ1) is 14.5. The van der Waals surface area contributed by atoms with E-state index in [-0.39, 0.29) is 18.2 Å². The topological polar surface area (TPSA) is 101 Å². The number of hydrogen-bond acceptors (Lipinski definition) is 6. The lowest BCUT2D eigenvalue weighted by molar-refractivity contribution is 0.0730. The molecule has 2 aromatic heterocycles. The van der Waals surface area contributed by atoms with Gasteiger partial charge in [-0.05, 0) is 24.3 Å². The molecule has 0 saturated carbocycles. The molecule has 0 radical (unpaired) electrons. The van der Waals surface area contributed by atoms with Crippen LogP contribution in [0.1, 0.15) is 10.4 Å². The predicted octanol–water partition coefficient (Wildman–Crippen LogP) is 1.69. The maximum absolute atomic E-state index is 12.9. The van der Waals surface area contributed by atoms with E-state index in [0.717, 1.165) is 5.56 Å². The monoisotopic (exact) mass is 426 g/mol. The Labute approximate surface area is 175 Å². The molecular formula is C21H22N4O4S. The largest absolute Gasteiger partial charge is 0.379 e. The molecule has 8 nitrogen and oxygen atoms in total. The van der Waals surface area contributed by atoms with Gasteiger partial charge in [0.05, 0.1) is 35.7 Å². The fourth-order valence-corrected chi connectivity index (χ4v) is 4.70. The maximum atomic E-state index is 12.9. The fourth-order valence-electron chi connectivity index (χ4n) is 3.38. The normalized spacial score (nSPS) is 15.2. The molecule has 9 heteroatoms. The SMILES string of the molecule is O=C(NCCS(=O)(=O)N1CCOCC1)c1cc(-c2ccncc2)nc2ccccc12. The molecule has 4 rings (SSSR count). The number of amides is 1. The molecule has 156 valence electrons. The molecule has 0 spiro atoms. The average molecular weight is 426 g/mol. The molecular weight excluding hydrogens is 404 g/mol. The number of aromatic nitrogens is 2. The van der Waals surface area contributed by atoms with E-state index in [1.807, 2.05) is 36.4 Å². The van der Waals surface area contributed by atoms with Crippen molar-refractivity contribution >= 4 is 26.8 Å². The third kappa shape index (κ3) is 4.48. The smallest absolute Gasteiger partial charge is 0.252 e. The fraction of sp³-hybridized carbons (Fsp3) is 0.286. The predicted molar refractivity (Wildman–Crippen MR) is 113 cm³/mol. The molecule has 0 unspecified atom stereocenters. The number of ether oxygens (including phenoxy) is 1. The Morgan fingerprint density at radius 3 is 2.60 bits per heavy atom. The zero-order valence-corrected chi connectivity index (χ0v) is 17.1. The van der Waals surface area contributed by atoms with E-state index in [2.05, 4.69) is 15.3 Å². The van der Waals surface area contributed by atoms with Gasteiger partial charge in [-0.1, -0.05) is 18.2 Å². The van der Waals surface area contributed by atoms with Gasteiger partial charge in [0.2, 0.25) is 10.0 Å². The summed E-state index contributed by atoms with van der Waals surface area (Å²) in [6, 6.07) is 12.8. The van der Waals surface area contributed by atoms with Crippen molar-refractivity contribution in [2.24, 2.45) is 0 Å². The van der Waals surface area contributed by atoms with Gasteiger partial charge in [0.1, 0.15) is 0 Å². The number of carbonyl (C=O) groups excluding carboxylic acids is 1. The summed E-state index contributed by atoms with van der Waals surface area (Å²) in [5.74, 6) is -0.486. The van der Waals surface area contributed by atoms with Gasteiger partial charge in [0.15, 0.2) is 0 Å². The van der Waals surface area contributed by atoms with Gasteiger partial charge in [0.25, 0.3) is 5.91 Å². The van der Waals surface area contributed by atoms with Gasteiger partial charge >= 0.3 is 0 Å². The summed E-state index contributed by atoms with van der Waals surface area (Å²) in [5.41, 5.74) is 2.65. The lowest BCUT2D eigenvalue weighted by Crippen LogP contribution is -2.43. The van der Waals surface area contributed by atoms with E-state index >= 15 is 0 Å². The summed E-state index contributed by atoms with van der Waals surface area (Å²) >= 11 is 0. The van der Waals surface area contributed by atoms with Gasteiger partial charge in [-0.3, -0.25) is 9.78 Å². The number of benzene rings is 1. The summed E-state index contributed by atoms with van der Waals surface area (Å²) < 4.78 is 31.5. The van der Waals surface area contributed by atoms with E-state index in [1.54, 1.807) is 18.5 Å². The minimum absolute atomic E-state index is 0.0275. The molecule has 1 aliphatic heterocycles. The molecule has 30 heavy (non-hydrogen) atoms. The molecule has 1 saturated heterocycles. The van der Waals surface area contributed by atoms with Crippen LogP contribution in [-0.4, -0.2) is 67.2 Å². The quantitative estimate of drug-likeness (QED) is 0.644. The highest BCUT2D eigenvalue weighted by atomic mass is 32.2. The molecule has 1 N–H and O–H groups in total. The summed E-state index contributed by atoms with van der Waals surface area (Å²) in [5, 5.41) is 3.46. The van der Waals surface area contributed by atoms with Crippen LogP contribution in [0.15, 0.2) is 54.9 Å². The molecule has 1 aliphatic rings. The summed E-state index contributed by atoms with van der Waals surface area (Å²) in [7, 11) is -3.44. The van der Waals surface area contributed by atoms with Crippen molar-refractivity contribution in [3.05, 3.63) is 60.4 Å². The van der Waals surface area contributed by atoms with E-state index in [0.29, 0.717) is 48.5 Å². The number of fused-ring (bicyclic) bond motifs is 1. The van der Waals surface area contributed by atoms with Gasteiger partial charge in [0, 0.05) is 43.0 Å². The van der Waals surface area contributed by atoms with Gasteiger partial charge < -0.3 is 10.1 Å². The van der Waals surface area contributed by atoms with Crippen LogP contribution in [-0.2, 0) is 14.8 Å². The third-order valence-corrected chi connectivity index (χ3v) is 6.82. The van der Waals surface area contributed by atoms with E-state index in [1.165, 1.54) is 4.31 Å². The second-order valence-corrected chi connectivity index (χ2v) is 8.98. The average Bonchev–Trinajstić information content (AvgIpc) is 2.79. The van der Waals surface area contributed by atoms with E-state index in [4.69, 9.17) is 4.74 Å². The molecule has 1 fully saturated rings. The number of morpholine rings is 1. The number of nitrogens with zero attached hydrogens (tertiary/aromatic N) is 3. The first-order valence-electron chi connectivity index (χ1n) is 9.68. The van der Waals surface area contributed by atoms with Crippen molar-refractivity contribution in [1.82, 2.24) is 19.6 Å². The minimum atomic E-state index is -3.44. The molecule has 1 amide bonds. The molecule has 1 aromatic carbocycles. The summed E-state index contributed by atoms with van der Waals surface area (Å²) in [4.78, 5) is 21.6. The molecule has 0 aliphatic carbocycles. The lowest BCUT2D eigenvalue weighted by Gasteiger charge is -2.26. The summed E-state index contributed by atoms with van der Waals surface area (Å²) in [6.45, 7) is 1.51. The summed E-state index contributed by atoms with van der Waals surface area (Å²) in [6.07, 6.45) is 3.34. The highest BCUT2D eigenvalue weighted by Crippen LogP contribution is 2.24. The van der Waals surface area contributed by atoms with Gasteiger partial charge in [-0.2, -0.15) is 4.31 Å². The molecule has 3 aromatic rings. The minimum Gasteiger partial charge on any atom is -0.379 e. The van der Waals surface area contributed by atoms with Crippen LogP contribution < -0.4 is 5.32 Å².